The van der Waals surface area contributed by atoms with Crippen LogP contribution in [-0.4, -0.2) is 94.9 Å². The van der Waals surface area contributed by atoms with Crippen LogP contribution in [0.5, 0.6) is 5.75 Å². The highest BCUT2D eigenvalue weighted by Gasteiger charge is 2.46. The van der Waals surface area contributed by atoms with Crippen LogP contribution < -0.4 is 4.74 Å². The molecule has 1 aromatic heterocycles. The number of nitriles is 1. The molecule has 1 fully saturated rings. The van der Waals surface area contributed by atoms with E-state index < -0.39 is 46.7 Å². The average molecular weight is 937 g/mol. The maximum atomic E-state index is 15.4. The summed E-state index contributed by atoms with van der Waals surface area (Å²) in [5.74, 6) is -2.44. The number of benzene rings is 3. The van der Waals surface area contributed by atoms with E-state index in [0.29, 0.717) is 12.0 Å². The Morgan fingerprint density at radius 3 is 2.41 bits per heavy atom. The minimum Gasteiger partial charge on any atom is -0.497 e. The van der Waals surface area contributed by atoms with Crippen molar-refractivity contribution in [1.82, 2.24) is 14.8 Å². The summed E-state index contributed by atoms with van der Waals surface area (Å²) in [5, 5.41) is 21.3. The number of aromatic nitrogens is 3. The van der Waals surface area contributed by atoms with Crippen molar-refractivity contribution in [2.24, 2.45) is 0 Å². The molecule has 0 unspecified atom stereocenters. The quantitative estimate of drug-likeness (QED) is 0.0264. The third-order valence-corrected chi connectivity index (χ3v) is 10.9. The second-order valence-corrected chi connectivity index (χ2v) is 15.9. The van der Waals surface area contributed by atoms with Crippen LogP contribution in [0.25, 0.3) is 6.08 Å². The summed E-state index contributed by atoms with van der Waals surface area (Å²) in [7, 11) is 1.59. The first-order valence-electron chi connectivity index (χ1n) is 20.6. The largest absolute Gasteiger partial charge is 0.508 e. The molecular weight excluding hydrogens is 886 g/mol. The number of nitrogens with zero attached hydrogens (tertiary/aromatic N) is 4. The average Bonchev–Trinajstić information content (AvgIpc) is 3.83. The second kappa shape index (κ2) is 27.8. The van der Waals surface area contributed by atoms with Crippen LogP contribution >= 0.6 is 11.8 Å². The van der Waals surface area contributed by atoms with Crippen molar-refractivity contribution in [1.29, 1.82) is 5.26 Å². The van der Waals surface area contributed by atoms with Crippen LogP contribution in [0.2, 0.25) is 0 Å². The lowest BCUT2D eigenvalue weighted by Gasteiger charge is -2.40. The fourth-order valence-corrected chi connectivity index (χ4v) is 7.46. The lowest BCUT2D eigenvalue weighted by molar-refractivity contribution is -0.164. The first-order valence-corrected chi connectivity index (χ1v) is 21.6. The molecule has 66 heavy (non-hydrogen) atoms. The number of methoxy groups -OCH3 is 1. The number of hydrogen-bond acceptors (Lipinski definition) is 15. The third-order valence-electron chi connectivity index (χ3n) is 9.44. The molecule has 4 aromatic rings. The SMILES string of the molecule is C=CCOC(=O)OCCCC(=O)OCc1ccc(OC)cc1.C[C@@H](SC1COC(/C=C/C=C/c2ccc(C#N)cc2F)OC1)[C@@](Cn1cncn1)(OC(=O)CCCO)c1ccc(F)cc1F. The number of aliphatic hydroxyl groups is 1. The van der Waals surface area contributed by atoms with E-state index in [1.165, 1.54) is 53.4 Å². The van der Waals surface area contributed by atoms with Crippen molar-refractivity contribution in [3.05, 3.63) is 144 Å². The van der Waals surface area contributed by atoms with E-state index in [-0.39, 0.29) is 87.8 Å². The van der Waals surface area contributed by atoms with E-state index in [9.17, 15) is 28.3 Å². The van der Waals surface area contributed by atoms with Gasteiger partial charge in [-0.2, -0.15) is 10.4 Å². The van der Waals surface area contributed by atoms with Gasteiger partial charge in [-0.3, -0.25) is 9.59 Å². The molecule has 0 aliphatic carbocycles. The summed E-state index contributed by atoms with van der Waals surface area (Å²) in [5.41, 5.74) is -0.229. The molecule has 1 aliphatic rings. The number of carbonyl (C=O) groups excluding carboxylic acids is 3. The molecule has 5 rings (SSSR count). The second-order valence-electron chi connectivity index (χ2n) is 14.2. The van der Waals surface area contributed by atoms with E-state index >= 15 is 4.39 Å². The smallest absolute Gasteiger partial charge is 0.497 e. The topological polar surface area (TPSA) is 191 Å². The number of hydrogen-bond donors (Lipinski definition) is 1. The molecule has 2 atom stereocenters. The number of allylic oxidation sites excluding steroid dienone is 2. The molecule has 19 heteroatoms. The Morgan fingerprint density at radius 1 is 1.00 bits per heavy atom. The van der Waals surface area contributed by atoms with Gasteiger partial charge in [0.1, 0.15) is 49.1 Å². The molecule has 0 radical (unpaired) electrons. The molecule has 352 valence electrons. The molecule has 3 aromatic carbocycles. The summed E-state index contributed by atoms with van der Waals surface area (Å²) in [4.78, 5) is 39.4. The van der Waals surface area contributed by atoms with Gasteiger partial charge in [0.15, 0.2) is 11.9 Å². The Labute approximate surface area is 384 Å². The van der Waals surface area contributed by atoms with Gasteiger partial charge in [-0.25, -0.2) is 27.6 Å². The number of carbonyl (C=O) groups is 3. The highest BCUT2D eigenvalue weighted by atomic mass is 32.2. The summed E-state index contributed by atoms with van der Waals surface area (Å²) >= 11 is 1.35. The monoisotopic (exact) mass is 936 g/mol. The standard InChI is InChI=1S/C31H31F3N4O5S.C16H20O6/c1-21(44-25-16-41-30(42-17-25)7-3-2-5-23-9-8-22(15-35)13-27(23)33)31(18-38-20-36-19-37-38,43-29(40)6-4-12-39)26-11-10-24(32)14-28(26)34;1-3-10-20-16(18)21-11-4-5-15(17)22-12-13-6-8-14(19-2)9-7-13/h2-3,5,7-11,13-14,19-21,25,30,39H,4,6,12,16-18H2,1H3;3,6-9H,1,4-5,10-12H2,2H3/b5-2+,7-3+;/t21-,25?,30?,31-;/m1./s1. The van der Waals surface area contributed by atoms with Crippen LogP contribution in [0.3, 0.4) is 0 Å². The van der Waals surface area contributed by atoms with Crippen LogP contribution in [-0.2, 0) is 56.8 Å². The molecule has 0 spiro atoms. The molecule has 1 aliphatic heterocycles. The minimum atomic E-state index is -1.63. The predicted molar refractivity (Wildman–Crippen MR) is 236 cm³/mol. The third kappa shape index (κ3) is 17.2. The van der Waals surface area contributed by atoms with Crippen LogP contribution in [0.4, 0.5) is 18.0 Å². The molecule has 1 saturated heterocycles. The molecule has 0 amide bonds. The maximum absolute atomic E-state index is 15.4. The molecule has 0 saturated carbocycles. The van der Waals surface area contributed by atoms with E-state index in [0.717, 1.165) is 29.5 Å². The Balaban J connectivity index is 0.000000364. The molecule has 15 nitrogen and oxygen atoms in total. The summed E-state index contributed by atoms with van der Waals surface area (Å²) in [6.45, 7) is 5.74. The van der Waals surface area contributed by atoms with E-state index in [4.69, 9.17) is 33.7 Å². The van der Waals surface area contributed by atoms with Gasteiger partial charge in [-0.05, 0) is 67.8 Å². The van der Waals surface area contributed by atoms with Gasteiger partial charge in [0.25, 0.3) is 0 Å². The van der Waals surface area contributed by atoms with Crippen LogP contribution in [0.1, 0.15) is 54.9 Å². The highest BCUT2D eigenvalue weighted by molar-refractivity contribution is 8.00. The number of halogens is 3. The van der Waals surface area contributed by atoms with Gasteiger partial charge in [0, 0.05) is 41.9 Å². The molecule has 0 bridgehead atoms. The van der Waals surface area contributed by atoms with Crippen LogP contribution in [0.15, 0.2) is 104 Å². The van der Waals surface area contributed by atoms with Crippen LogP contribution in [0, 0.1) is 28.8 Å². The van der Waals surface area contributed by atoms with Crippen molar-refractivity contribution in [2.75, 3.05) is 40.1 Å². The van der Waals surface area contributed by atoms with Gasteiger partial charge in [0.2, 0.25) is 0 Å². The Kier molecular flexibility index (Phi) is 22.0. The fourth-order valence-electron chi connectivity index (χ4n) is 6.10. The zero-order valence-electron chi connectivity index (χ0n) is 36.4. The fraction of sp³-hybridized carbons (Fsp3) is 0.362. The molecule has 2 heterocycles. The van der Waals surface area contributed by atoms with E-state index in [1.54, 1.807) is 50.5 Å². The summed E-state index contributed by atoms with van der Waals surface area (Å²) in [6.07, 6.45) is 9.81. The van der Waals surface area contributed by atoms with Gasteiger partial charge >= 0.3 is 18.1 Å². The maximum Gasteiger partial charge on any atom is 0.508 e. The zero-order valence-corrected chi connectivity index (χ0v) is 37.2. The number of thioether (sulfide) groups is 1. The number of esters is 2. The molecule has 1 N–H and O–H groups in total. The number of aliphatic hydroxyl groups excluding tert-OH is 1. The van der Waals surface area contributed by atoms with Crippen molar-refractivity contribution < 1.29 is 65.8 Å². The van der Waals surface area contributed by atoms with Gasteiger partial charge < -0.3 is 38.3 Å². The summed E-state index contributed by atoms with van der Waals surface area (Å²) < 4.78 is 81.9. The highest BCUT2D eigenvalue weighted by Crippen LogP contribution is 2.42. The van der Waals surface area contributed by atoms with E-state index in [1.807, 2.05) is 18.2 Å². The van der Waals surface area contributed by atoms with E-state index in [2.05, 4.69) is 21.4 Å². The van der Waals surface area contributed by atoms with Gasteiger partial charge in [0.05, 0.1) is 50.4 Å². The van der Waals surface area contributed by atoms with Gasteiger partial charge in [-0.1, -0.05) is 49.1 Å². The predicted octanol–water partition coefficient (Wildman–Crippen LogP) is 7.77. The first kappa shape index (κ1) is 52.2. The normalized spacial score (nSPS) is 16.0. The zero-order chi connectivity index (χ0) is 47.7. The van der Waals surface area contributed by atoms with Crippen molar-refractivity contribution in [2.45, 2.75) is 68.1 Å². The Morgan fingerprint density at radius 2 is 1.76 bits per heavy atom. The van der Waals surface area contributed by atoms with Crippen molar-refractivity contribution in [3.8, 4) is 11.8 Å². The minimum absolute atomic E-state index is 0.0318. The Hall–Kier alpha value is -6.46. The Bertz CT molecular complexity index is 2270. The molecular formula is C47H51F3N4O11S. The van der Waals surface area contributed by atoms with Crippen molar-refractivity contribution >= 4 is 35.9 Å². The first-order chi connectivity index (χ1) is 31.9. The summed E-state index contributed by atoms with van der Waals surface area (Å²) in [6, 6.07) is 16.4. The number of ether oxygens (including phenoxy) is 7. The number of rotatable bonds is 22. The lowest BCUT2D eigenvalue weighted by atomic mass is 9.89. The van der Waals surface area contributed by atoms with Gasteiger partial charge in [-0.15, -0.1) is 11.8 Å². The lowest BCUT2D eigenvalue weighted by Crippen LogP contribution is -2.47. The van der Waals surface area contributed by atoms with Crippen molar-refractivity contribution in [3.63, 3.8) is 0 Å².